The Morgan fingerprint density at radius 1 is 1.16 bits per heavy atom. The van der Waals surface area contributed by atoms with Crippen LogP contribution in [-0.4, -0.2) is 29.0 Å². The lowest BCUT2D eigenvalue weighted by atomic mass is 10.0. The molecule has 0 unspecified atom stereocenters. The highest BCUT2D eigenvalue weighted by Gasteiger charge is 2.33. The second kappa shape index (κ2) is 7.51. The lowest BCUT2D eigenvalue weighted by molar-refractivity contribution is 0.0931. The van der Waals surface area contributed by atoms with E-state index in [0.29, 0.717) is 17.4 Å². The van der Waals surface area contributed by atoms with Crippen molar-refractivity contribution >= 4 is 11.9 Å². The number of hydrogen-bond donors (Lipinski definition) is 2. The van der Waals surface area contributed by atoms with Crippen LogP contribution >= 0.6 is 0 Å². The van der Waals surface area contributed by atoms with Crippen LogP contribution in [0.4, 0.5) is 5.95 Å². The zero-order chi connectivity index (χ0) is 17.8. The van der Waals surface area contributed by atoms with Gasteiger partial charge in [0.1, 0.15) is 5.75 Å². The van der Waals surface area contributed by atoms with Gasteiger partial charge in [-0.1, -0.05) is 12.1 Å². The van der Waals surface area contributed by atoms with Gasteiger partial charge in [-0.15, -0.1) is 0 Å². The van der Waals surface area contributed by atoms with Crippen LogP contribution < -0.4 is 15.4 Å². The minimum atomic E-state index is -0.149. The zero-order valence-electron chi connectivity index (χ0n) is 14.8. The number of methoxy groups -OCH3 is 1. The predicted octanol–water partition coefficient (Wildman–Crippen LogP) is 3.19. The number of benzene rings is 1. The Morgan fingerprint density at radius 3 is 2.32 bits per heavy atom. The number of rotatable bonds is 7. The molecule has 2 N–H and O–H groups in total. The van der Waals surface area contributed by atoms with E-state index in [1.54, 1.807) is 19.5 Å². The number of amides is 1. The van der Waals surface area contributed by atoms with Gasteiger partial charge in [-0.05, 0) is 50.3 Å². The molecular weight excluding hydrogens is 316 g/mol. The van der Waals surface area contributed by atoms with Crippen molar-refractivity contribution in [2.75, 3.05) is 12.4 Å². The third kappa shape index (κ3) is 4.47. The normalized spacial score (nSPS) is 14.9. The van der Waals surface area contributed by atoms with E-state index in [2.05, 4.69) is 20.6 Å². The van der Waals surface area contributed by atoms with E-state index in [1.807, 2.05) is 38.1 Å². The quantitative estimate of drug-likeness (QED) is 0.809. The highest BCUT2D eigenvalue weighted by atomic mass is 16.5. The zero-order valence-corrected chi connectivity index (χ0v) is 14.8. The smallest absolute Gasteiger partial charge is 0.254 e. The molecule has 2 aromatic rings. The van der Waals surface area contributed by atoms with Gasteiger partial charge in [0.2, 0.25) is 5.95 Å². The molecule has 1 aromatic carbocycles. The Kier molecular flexibility index (Phi) is 5.16. The first kappa shape index (κ1) is 17.2. The molecule has 1 fully saturated rings. The standard InChI is InChI=1S/C19H24N4O2/c1-12(2)22-19-20-10-15(11-21-19)18(24)23-17(13-4-5-13)14-6-8-16(25-3)9-7-14/h6-13,17H,4-5H2,1-3H3,(H,23,24)(H,20,21,22)/t17-/m1/s1. The van der Waals surface area contributed by atoms with E-state index in [0.717, 1.165) is 24.2 Å². The number of carbonyl (C=O) groups excluding carboxylic acids is 1. The van der Waals surface area contributed by atoms with Gasteiger partial charge in [0.05, 0.1) is 18.7 Å². The highest BCUT2D eigenvalue weighted by Crippen LogP contribution is 2.41. The molecule has 1 amide bonds. The molecule has 0 aliphatic heterocycles. The van der Waals surface area contributed by atoms with Crippen LogP contribution in [0.15, 0.2) is 36.7 Å². The third-order valence-corrected chi connectivity index (χ3v) is 4.19. The van der Waals surface area contributed by atoms with Gasteiger partial charge in [0.25, 0.3) is 5.91 Å². The number of aromatic nitrogens is 2. The summed E-state index contributed by atoms with van der Waals surface area (Å²) in [6.45, 7) is 4.03. The SMILES string of the molecule is COc1ccc([C@H](NC(=O)c2cnc(NC(C)C)nc2)C2CC2)cc1. The van der Waals surface area contributed by atoms with E-state index >= 15 is 0 Å². The van der Waals surface area contributed by atoms with E-state index in [-0.39, 0.29) is 18.0 Å². The van der Waals surface area contributed by atoms with Crippen molar-refractivity contribution in [3.05, 3.63) is 47.8 Å². The molecule has 1 heterocycles. The molecule has 6 nitrogen and oxygen atoms in total. The first-order valence-corrected chi connectivity index (χ1v) is 8.60. The molecule has 1 aromatic heterocycles. The first-order valence-electron chi connectivity index (χ1n) is 8.60. The van der Waals surface area contributed by atoms with E-state index in [4.69, 9.17) is 4.74 Å². The maximum Gasteiger partial charge on any atom is 0.254 e. The van der Waals surface area contributed by atoms with Gasteiger partial charge in [0, 0.05) is 18.4 Å². The Hall–Kier alpha value is -2.63. The monoisotopic (exact) mass is 340 g/mol. The number of ether oxygens (including phenoxy) is 1. The lowest BCUT2D eigenvalue weighted by Crippen LogP contribution is -2.30. The average Bonchev–Trinajstić information content (AvgIpc) is 3.45. The Morgan fingerprint density at radius 2 is 1.80 bits per heavy atom. The fourth-order valence-electron chi connectivity index (χ4n) is 2.72. The molecular formula is C19H24N4O2. The summed E-state index contributed by atoms with van der Waals surface area (Å²) in [5, 5.41) is 6.24. The fourth-order valence-corrected chi connectivity index (χ4v) is 2.72. The predicted molar refractivity (Wildman–Crippen MR) is 96.7 cm³/mol. The number of anilines is 1. The maximum absolute atomic E-state index is 12.6. The molecule has 1 saturated carbocycles. The number of nitrogens with one attached hydrogen (secondary N) is 2. The summed E-state index contributed by atoms with van der Waals surface area (Å²) in [6, 6.07) is 8.11. The van der Waals surface area contributed by atoms with Crippen molar-refractivity contribution in [1.29, 1.82) is 0 Å². The second-order valence-electron chi connectivity index (χ2n) is 6.66. The van der Waals surface area contributed by atoms with E-state index in [1.165, 1.54) is 0 Å². The molecule has 6 heteroatoms. The maximum atomic E-state index is 12.6. The molecule has 0 radical (unpaired) electrons. The largest absolute Gasteiger partial charge is 0.497 e. The summed E-state index contributed by atoms with van der Waals surface area (Å²) in [5.41, 5.74) is 1.56. The first-order chi connectivity index (χ1) is 12.1. The molecule has 25 heavy (non-hydrogen) atoms. The van der Waals surface area contributed by atoms with Crippen molar-refractivity contribution in [3.63, 3.8) is 0 Å². The fraction of sp³-hybridized carbons (Fsp3) is 0.421. The molecule has 3 rings (SSSR count). The molecule has 0 spiro atoms. The summed E-state index contributed by atoms with van der Waals surface area (Å²) in [5.74, 6) is 1.68. The summed E-state index contributed by atoms with van der Waals surface area (Å²) in [6.07, 6.45) is 5.38. The van der Waals surface area contributed by atoms with E-state index < -0.39 is 0 Å². The molecule has 1 atom stereocenters. The van der Waals surface area contributed by atoms with Crippen LogP contribution in [-0.2, 0) is 0 Å². The summed E-state index contributed by atoms with van der Waals surface area (Å²) < 4.78 is 5.20. The summed E-state index contributed by atoms with van der Waals surface area (Å²) in [4.78, 5) is 21.0. The van der Waals surface area contributed by atoms with Crippen molar-refractivity contribution < 1.29 is 9.53 Å². The highest BCUT2D eigenvalue weighted by molar-refractivity contribution is 5.94. The Labute approximate surface area is 148 Å². The molecule has 0 saturated heterocycles. The minimum absolute atomic E-state index is 0.00636. The summed E-state index contributed by atoms with van der Waals surface area (Å²) in [7, 11) is 1.65. The van der Waals surface area contributed by atoms with Crippen molar-refractivity contribution in [2.45, 2.75) is 38.8 Å². The lowest BCUT2D eigenvalue weighted by Gasteiger charge is -2.19. The van der Waals surface area contributed by atoms with Crippen LogP contribution in [0.25, 0.3) is 0 Å². The third-order valence-electron chi connectivity index (χ3n) is 4.19. The van der Waals surface area contributed by atoms with Gasteiger partial charge >= 0.3 is 0 Å². The van der Waals surface area contributed by atoms with Crippen molar-refractivity contribution in [1.82, 2.24) is 15.3 Å². The van der Waals surface area contributed by atoms with Crippen molar-refractivity contribution in [2.24, 2.45) is 5.92 Å². The number of nitrogens with zero attached hydrogens (tertiary/aromatic N) is 2. The van der Waals surface area contributed by atoms with Crippen LogP contribution in [0, 0.1) is 5.92 Å². The van der Waals surface area contributed by atoms with Gasteiger partial charge in [-0.3, -0.25) is 4.79 Å². The summed E-state index contributed by atoms with van der Waals surface area (Å²) >= 11 is 0. The van der Waals surface area contributed by atoms with Gasteiger partial charge in [0.15, 0.2) is 0 Å². The number of carbonyl (C=O) groups is 1. The Bertz CT molecular complexity index is 709. The molecule has 132 valence electrons. The Balaban J connectivity index is 1.70. The van der Waals surface area contributed by atoms with Crippen LogP contribution in [0.1, 0.15) is 48.7 Å². The minimum Gasteiger partial charge on any atom is -0.497 e. The van der Waals surface area contributed by atoms with Crippen molar-refractivity contribution in [3.8, 4) is 5.75 Å². The topological polar surface area (TPSA) is 76.1 Å². The molecule has 0 bridgehead atoms. The molecule has 1 aliphatic rings. The van der Waals surface area contributed by atoms with Crippen LogP contribution in [0.2, 0.25) is 0 Å². The van der Waals surface area contributed by atoms with Gasteiger partial charge < -0.3 is 15.4 Å². The van der Waals surface area contributed by atoms with Crippen LogP contribution in [0.3, 0.4) is 0 Å². The van der Waals surface area contributed by atoms with E-state index in [9.17, 15) is 4.79 Å². The number of hydrogen-bond acceptors (Lipinski definition) is 5. The molecule has 1 aliphatic carbocycles. The van der Waals surface area contributed by atoms with Gasteiger partial charge in [-0.25, -0.2) is 9.97 Å². The second-order valence-corrected chi connectivity index (χ2v) is 6.66. The van der Waals surface area contributed by atoms with Gasteiger partial charge in [-0.2, -0.15) is 0 Å². The average molecular weight is 340 g/mol. The van der Waals surface area contributed by atoms with Crippen LogP contribution in [0.5, 0.6) is 5.75 Å².